The fraction of sp³-hybridized carbons (Fsp3) is 0.238. The maximum atomic E-state index is 13.6. The highest BCUT2D eigenvalue weighted by atomic mass is 35.5. The molecule has 5 nitrogen and oxygen atoms in total. The van der Waals surface area contributed by atoms with Gasteiger partial charge in [-0.3, -0.25) is 9.69 Å². The number of rotatable bonds is 6. The molecule has 0 spiro atoms. The van der Waals surface area contributed by atoms with Gasteiger partial charge in [0.25, 0.3) is 5.91 Å². The van der Waals surface area contributed by atoms with E-state index in [1.807, 2.05) is 43.3 Å². The average molecular weight is 480 g/mol. The van der Waals surface area contributed by atoms with E-state index < -0.39 is 0 Å². The lowest BCUT2D eigenvalue weighted by Crippen LogP contribution is -2.36. The summed E-state index contributed by atoms with van der Waals surface area (Å²) in [5.41, 5.74) is 0.648. The van der Waals surface area contributed by atoms with Gasteiger partial charge in [0.2, 0.25) is 0 Å². The summed E-state index contributed by atoms with van der Waals surface area (Å²) in [5, 5.41) is 2.51. The highest BCUT2D eigenvalue weighted by Crippen LogP contribution is 2.41. The van der Waals surface area contributed by atoms with E-state index in [0.717, 1.165) is 14.8 Å². The van der Waals surface area contributed by atoms with Crippen LogP contribution in [0.25, 0.3) is 20.3 Å². The first-order valence-electron chi connectivity index (χ1n) is 9.17. The summed E-state index contributed by atoms with van der Waals surface area (Å²) >= 11 is 15.8. The number of thiazole rings is 1. The maximum Gasteiger partial charge on any atom is 0.271 e. The number of aromatic nitrogens is 1. The predicted octanol–water partition coefficient (Wildman–Crippen LogP) is 6.03. The van der Waals surface area contributed by atoms with Crippen LogP contribution < -0.4 is 9.64 Å². The van der Waals surface area contributed by atoms with Gasteiger partial charge in [-0.15, -0.1) is 11.3 Å². The van der Waals surface area contributed by atoms with Gasteiger partial charge in [-0.05, 0) is 32.3 Å². The maximum absolute atomic E-state index is 13.6. The molecule has 4 rings (SSSR count). The topological polar surface area (TPSA) is 45.7 Å². The van der Waals surface area contributed by atoms with Crippen molar-refractivity contribution in [2.24, 2.45) is 0 Å². The number of anilines is 1. The van der Waals surface area contributed by atoms with Crippen molar-refractivity contribution < 1.29 is 9.53 Å². The van der Waals surface area contributed by atoms with E-state index in [1.54, 1.807) is 24.1 Å². The van der Waals surface area contributed by atoms with Crippen molar-refractivity contribution in [2.45, 2.75) is 0 Å². The molecule has 0 N–H and O–H groups in total. The number of ether oxygens (including phenoxy) is 1. The normalized spacial score (nSPS) is 11.5. The lowest BCUT2D eigenvalue weighted by Gasteiger charge is -2.21. The number of amides is 1. The number of nitrogens with zero attached hydrogens (tertiary/aromatic N) is 3. The number of thiophene rings is 1. The summed E-state index contributed by atoms with van der Waals surface area (Å²) in [5.74, 6) is 0.453. The second kappa shape index (κ2) is 8.69. The molecule has 0 aliphatic carbocycles. The van der Waals surface area contributed by atoms with Crippen molar-refractivity contribution in [1.82, 2.24) is 9.88 Å². The molecule has 0 radical (unpaired) electrons. The van der Waals surface area contributed by atoms with Crippen LogP contribution in [0.15, 0.2) is 36.4 Å². The summed E-state index contributed by atoms with van der Waals surface area (Å²) in [6.45, 7) is 1.14. The van der Waals surface area contributed by atoms with Crippen LogP contribution in [0.4, 0.5) is 5.13 Å². The molecule has 2 aromatic carbocycles. The molecule has 156 valence electrons. The molecule has 2 aromatic heterocycles. The minimum absolute atomic E-state index is 0.169. The van der Waals surface area contributed by atoms with Crippen LogP contribution in [0.2, 0.25) is 10.0 Å². The molecular formula is C21H19Cl2N3O2S2. The van der Waals surface area contributed by atoms with Crippen LogP contribution in [0.3, 0.4) is 0 Å². The van der Waals surface area contributed by atoms with Crippen LogP contribution in [-0.2, 0) is 0 Å². The zero-order valence-corrected chi connectivity index (χ0v) is 19.8. The molecule has 9 heteroatoms. The third-order valence-corrected chi connectivity index (χ3v) is 7.85. The van der Waals surface area contributed by atoms with Crippen molar-refractivity contribution in [3.8, 4) is 5.75 Å². The first kappa shape index (κ1) is 21.3. The Bertz CT molecular complexity index is 1240. The molecule has 0 aliphatic heterocycles. The molecule has 0 bridgehead atoms. The van der Waals surface area contributed by atoms with Gasteiger partial charge >= 0.3 is 0 Å². The van der Waals surface area contributed by atoms with E-state index in [-0.39, 0.29) is 5.91 Å². The van der Waals surface area contributed by atoms with Crippen LogP contribution in [0.1, 0.15) is 9.67 Å². The van der Waals surface area contributed by atoms with Gasteiger partial charge in [-0.25, -0.2) is 4.98 Å². The number of methoxy groups -OCH3 is 1. The van der Waals surface area contributed by atoms with Crippen LogP contribution in [0, 0.1) is 0 Å². The first-order valence-corrected chi connectivity index (χ1v) is 11.6. The Morgan fingerprint density at radius 2 is 1.87 bits per heavy atom. The summed E-state index contributed by atoms with van der Waals surface area (Å²) in [6.07, 6.45) is 0. The van der Waals surface area contributed by atoms with Crippen LogP contribution in [0.5, 0.6) is 5.75 Å². The molecular weight excluding hydrogens is 461 g/mol. The highest BCUT2D eigenvalue weighted by molar-refractivity contribution is 7.23. The van der Waals surface area contributed by atoms with Crippen molar-refractivity contribution in [3.63, 3.8) is 0 Å². The Labute approximate surface area is 192 Å². The number of hydrogen-bond acceptors (Lipinski definition) is 6. The molecule has 2 heterocycles. The molecule has 0 saturated carbocycles. The number of halogens is 2. The molecule has 0 atom stereocenters. The van der Waals surface area contributed by atoms with E-state index in [9.17, 15) is 4.79 Å². The first-order chi connectivity index (χ1) is 14.4. The van der Waals surface area contributed by atoms with E-state index in [4.69, 9.17) is 32.9 Å². The lowest BCUT2D eigenvalue weighted by atomic mass is 10.2. The number of fused-ring (bicyclic) bond motifs is 2. The van der Waals surface area contributed by atoms with Crippen molar-refractivity contribution in [2.75, 3.05) is 39.2 Å². The number of carbonyl (C=O) groups excluding carboxylic acids is 1. The van der Waals surface area contributed by atoms with Crippen molar-refractivity contribution in [3.05, 3.63) is 51.3 Å². The third kappa shape index (κ3) is 3.88. The standard InChI is InChI=1S/C21H19Cl2N3O2S2/c1-25(2)10-11-26(20(27)19-16(23)12-6-4-5-7-15(12)29-19)21-24-17-14(28-3)9-8-13(22)18(17)30-21/h4-9H,10-11H2,1-3H3. The molecule has 0 saturated heterocycles. The largest absolute Gasteiger partial charge is 0.494 e. The Balaban J connectivity index is 1.82. The molecule has 0 aliphatic rings. The second-order valence-electron chi connectivity index (χ2n) is 6.93. The summed E-state index contributed by atoms with van der Waals surface area (Å²) in [6, 6.07) is 11.3. The lowest BCUT2D eigenvalue weighted by molar-refractivity contribution is 0.0989. The number of benzene rings is 2. The van der Waals surface area contributed by atoms with E-state index in [0.29, 0.717) is 44.4 Å². The fourth-order valence-corrected chi connectivity index (χ4v) is 5.82. The van der Waals surface area contributed by atoms with Crippen molar-refractivity contribution >= 4 is 77.2 Å². The van der Waals surface area contributed by atoms with Gasteiger partial charge in [0.05, 0.1) is 21.9 Å². The fourth-order valence-electron chi connectivity index (χ4n) is 3.08. The van der Waals surface area contributed by atoms with Gasteiger partial charge in [0, 0.05) is 23.2 Å². The van der Waals surface area contributed by atoms with E-state index in [2.05, 4.69) is 0 Å². The van der Waals surface area contributed by atoms with Gasteiger partial charge in [-0.1, -0.05) is 52.7 Å². The smallest absolute Gasteiger partial charge is 0.271 e. The third-order valence-electron chi connectivity index (χ3n) is 4.64. The number of hydrogen-bond donors (Lipinski definition) is 0. The van der Waals surface area contributed by atoms with Crippen LogP contribution >= 0.6 is 45.9 Å². The van der Waals surface area contributed by atoms with E-state index in [1.165, 1.54) is 22.7 Å². The SMILES string of the molecule is COc1ccc(Cl)c2sc(N(CCN(C)C)C(=O)c3sc4ccccc4c3Cl)nc12. The molecule has 4 aromatic rings. The summed E-state index contributed by atoms with van der Waals surface area (Å²) in [7, 11) is 5.52. The van der Waals surface area contributed by atoms with Gasteiger partial charge in [0.1, 0.15) is 16.1 Å². The summed E-state index contributed by atoms with van der Waals surface area (Å²) < 4.78 is 7.20. The average Bonchev–Trinajstić information content (AvgIpc) is 3.31. The quantitative estimate of drug-likeness (QED) is 0.338. The zero-order chi connectivity index (χ0) is 21.4. The van der Waals surface area contributed by atoms with Crippen molar-refractivity contribution in [1.29, 1.82) is 0 Å². The van der Waals surface area contributed by atoms with Crippen LogP contribution in [-0.4, -0.2) is 50.1 Å². The minimum atomic E-state index is -0.169. The highest BCUT2D eigenvalue weighted by Gasteiger charge is 2.27. The molecule has 30 heavy (non-hydrogen) atoms. The zero-order valence-electron chi connectivity index (χ0n) is 16.6. The van der Waals surface area contributed by atoms with Gasteiger partial charge in [0.15, 0.2) is 5.13 Å². The second-order valence-corrected chi connectivity index (χ2v) is 9.74. The molecule has 1 amide bonds. The monoisotopic (exact) mass is 479 g/mol. The molecule has 0 unspecified atom stereocenters. The Morgan fingerprint density at radius 3 is 2.57 bits per heavy atom. The number of carbonyl (C=O) groups is 1. The number of likely N-dealkylation sites (N-methyl/N-ethyl adjacent to an activating group) is 1. The summed E-state index contributed by atoms with van der Waals surface area (Å²) in [4.78, 5) is 22.5. The Morgan fingerprint density at radius 1 is 1.10 bits per heavy atom. The Hall–Kier alpha value is -1.90. The van der Waals surface area contributed by atoms with Gasteiger partial charge in [-0.2, -0.15) is 0 Å². The minimum Gasteiger partial charge on any atom is -0.494 e. The Kier molecular flexibility index (Phi) is 6.18. The predicted molar refractivity (Wildman–Crippen MR) is 128 cm³/mol. The van der Waals surface area contributed by atoms with Gasteiger partial charge < -0.3 is 9.64 Å². The van der Waals surface area contributed by atoms with E-state index >= 15 is 0 Å². The molecule has 0 fully saturated rings.